The largest absolute Gasteiger partial charge is 0.335 e. The van der Waals surface area contributed by atoms with Crippen molar-refractivity contribution in [1.29, 1.82) is 0 Å². The molecule has 1 amide bonds. The van der Waals surface area contributed by atoms with Crippen LogP contribution in [-0.2, 0) is 4.79 Å². The molecule has 0 atom stereocenters. The fraction of sp³-hybridized carbons (Fsp3) is 0.179. The minimum absolute atomic E-state index is 0.0288. The number of carbonyl (C=O) groups is 2. The zero-order chi connectivity index (χ0) is 27.1. The van der Waals surface area contributed by atoms with Crippen LogP contribution in [0, 0.1) is 5.92 Å². The van der Waals surface area contributed by atoms with Crippen molar-refractivity contribution >= 4 is 50.7 Å². The molecule has 6 heterocycles. The lowest BCUT2D eigenvalue weighted by molar-refractivity contribution is -0.116. The molecule has 0 bridgehead atoms. The maximum Gasteiger partial charge on any atom is 0.224 e. The molecule has 3 N–H and O–H groups in total. The number of hydrogen-bond acceptors (Lipinski definition) is 8. The number of nitrogens with zero attached hydrogens (tertiary/aromatic N) is 5. The lowest BCUT2D eigenvalue weighted by atomic mass is 10.1. The summed E-state index contributed by atoms with van der Waals surface area (Å²) in [5, 5.41) is 11.4. The van der Waals surface area contributed by atoms with E-state index in [0.29, 0.717) is 39.7 Å². The number of ketones is 1. The van der Waals surface area contributed by atoms with Crippen LogP contribution < -0.4 is 5.32 Å². The number of amides is 1. The molecule has 194 valence electrons. The number of rotatable bonds is 7. The zero-order valence-electron chi connectivity index (χ0n) is 21.4. The van der Waals surface area contributed by atoms with Crippen LogP contribution in [0.1, 0.15) is 36.9 Å². The second-order valence-corrected chi connectivity index (χ2v) is 10.7. The van der Waals surface area contributed by atoms with Crippen LogP contribution in [0.2, 0.25) is 0 Å². The van der Waals surface area contributed by atoms with E-state index in [9.17, 15) is 9.59 Å². The Labute approximate surface area is 227 Å². The predicted molar refractivity (Wildman–Crippen MR) is 151 cm³/mol. The highest BCUT2D eigenvalue weighted by Gasteiger charge is 2.19. The van der Waals surface area contributed by atoms with Crippen LogP contribution in [0.15, 0.2) is 55.2 Å². The van der Waals surface area contributed by atoms with Crippen LogP contribution in [0.3, 0.4) is 0 Å². The van der Waals surface area contributed by atoms with Crippen molar-refractivity contribution in [3.8, 4) is 33.2 Å². The molecule has 39 heavy (non-hydrogen) atoms. The summed E-state index contributed by atoms with van der Waals surface area (Å²) in [4.78, 5) is 47.2. The summed E-state index contributed by atoms with van der Waals surface area (Å²) in [7, 11) is 0. The normalized spacial score (nSPS) is 11.5. The molecule has 0 aliphatic carbocycles. The van der Waals surface area contributed by atoms with E-state index < -0.39 is 0 Å². The lowest BCUT2D eigenvalue weighted by Gasteiger charge is -2.08. The lowest BCUT2D eigenvalue weighted by Crippen LogP contribution is -2.14. The van der Waals surface area contributed by atoms with Crippen LogP contribution in [-0.4, -0.2) is 46.8 Å². The molecule has 0 aromatic carbocycles. The summed E-state index contributed by atoms with van der Waals surface area (Å²) in [5.74, 6) is 0.833. The second-order valence-electron chi connectivity index (χ2n) is 9.65. The molecular weight excluding hydrogens is 512 g/mol. The zero-order valence-corrected chi connectivity index (χ0v) is 22.3. The van der Waals surface area contributed by atoms with Gasteiger partial charge < -0.3 is 10.3 Å². The molecule has 6 aromatic heterocycles. The Hall–Kier alpha value is -4.77. The van der Waals surface area contributed by atoms with Crippen molar-refractivity contribution < 1.29 is 9.59 Å². The number of Topliss-reactive ketones (excluding diaryl/α,β-unsaturated/α-hetero) is 1. The smallest absolute Gasteiger partial charge is 0.224 e. The number of fused-ring (bicyclic) bond motifs is 2. The van der Waals surface area contributed by atoms with Crippen molar-refractivity contribution in [3.05, 3.63) is 60.1 Å². The molecule has 10 nitrogen and oxygen atoms in total. The van der Waals surface area contributed by atoms with Crippen molar-refractivity contribution in [1.82, 2.24) is 35.1 Å². The third-order valence-corrected chi connectivity index (χ3v) is 7.43. The number of H-pyrrole nitrogens is 2. The van der Waals surface area contributed by atoms with Gasteiger partial charge in [-0.25, -0.2) is 4.98 Å². The van der Waals surface area contributed by atoms with E-state index in [1.807, 2.05) is 38.1 Å². The van der Waals surface area contributed by atoms with E-state index in [0.717, 1.165) is 32.4 Å². The van der Waals surface area contributed by atoms with Gasteiger partial charge in [-0.2, -0.15) is 5.10 Å². The van der Waals surface area contributed by atoms with Crippen molar-refractivity contribution in [2.45, 2.75) is 27.2 Å². The number of aromatic amines is 2. The number of imidazole rings is 1. The first-order valence-corrected chi connectivity index (χ1v) is 13.2. The number of nitrogens with one attached hydrogen (secondary N) is 3. The van der Waals surface area contributed by atoms with Crippen molar-refractivity contribution in [2.75, 3.05) is 5.32 Å². The topological polar surface area (TPSA) is 142 Å². The van der Waals surface area contributed by atoms with Gasteiger partial charge in [-0.15, -0.1) is 11.3 Å². The molecule has 0 unspecified atom stereocenters. The van der Waals surface area contributed by atoms with Gasteiger partial charge in [0.05, 0.1) is 34.2 Å². The minimum Gasteiger partial charge on any atom is -0.335 e. The van der Waals surface area contributed by atoms with E-state index in [2.05, 4.69) is 35.5 Å². The first-order valence-electron chi connectivity index (χ1n) is 12.4. The summed E-state index contributed by atoms with van der Waals surface area (Å²) < 4.78 is 0. The average molecular weight is 537 g/mol. The third-order valence-electron chi connectivity index (χ3n) is 6.21. The highest BCUT2D eigenvalue weighted by atomic mass is 32.1. The van der Waals surface area contributed by atoms with Crippen LogP contribution in [0.5, 0.6) is 0 Å². The highest BCUT2D eigenvalue weighted by molar-refractivity contribution is 7.17. The predicted octanol–water partition coefficient (Wildman–Crippen LogP) is 5.87. The van der Waals surface area contributed by atoms with Gasteiger partial charge in [0.15, 0.2) is 11.6 Å². The van der Waals surface area contributed by atoms with Gasteiger partial charge in [0.25, 0.3) is 0 Å². The molecule has 6 rings (SSSR count). The fourth-order valence-corrected chi connectivity index (χ4v) is 5.37. The molecule has 0 radical (unpaired) electrons. The monoisotopic (exact) mass is 536 g/mol. The van der Waals surface area contributed by atoms with Gasteiger partial charge in [0, 0.05) is 46.4 Å². The molecular formula is C28H24N8O2S. The van der Waals surface area contributed by atoms with Gasteiger partial charge in [0.1, 0.15) is 16.7 Å². The Balaban J connectivity index is 1.38. The SMILES string of the molecule is CC(=O)c1ccc(-c2cncc3[nH]c(-c4[nH]nc5c(-c6cncc(NC(=O)CC(C)C)c6)nccc45)nc23)s1. The Bertz CT molecular complexity index is 1870. The Morgan fingerprint density at radius 2 is 1.90 bits per heavy atom. The van der Waals surface area contributed by atoms with Crippen LogP contribution >= 0.6 is 11.3 Å². The molecule has 0 saturated carbocycles. The Morgan fingerprint density at radius 3 is 2.69 bits per heavy atom. The van der Waals surface area contributed by atoms with Crippen molar-refractivity contribution in [3.63, 3.8) is 0 Å². The van der Waals surface area contributed by atoms with E-state index in [1.165, 1.54) is 11.3 Å². The van der Waals surface area contributed by atoms with Gasteiger partial charge >= 0.3 is 0 Å². The summed E-state index contributed by atoms with van der Waals surface area (Å²) in [6.45, 7) is 5.56. The minimum atomic E-state index is -0.0593. The quantitative estimate of drug-likeness (QED) is 0.216. The standard InChI is InChI=1S/C28H24N8O2S/c1-14(2)8-23(38)32-17-9-16(10-29-11-17)24-26-18(6-7-31-24)27(36-35-26)28-33-20-13-30-12-19(25(20)34-28)22-5-4-21(39-22)15(3)37/h4-7,9-14H,8H2,1-3H3,(H,32,38)(H,33,34)(H,35,36). The number of aromatic nitrogens is 7. The first kappa shape index (κ1) is 24.6. The maximum atomic E-state index is 12.3. The fourth-order valence-electron chi connectivity index (χ4n) is 4.46. The number of thiophene rings is 1. The molecule has 0 aliphatic rings. The second kappa shape index (κ2) is 9.84. The number of anilines is 1. The molecule has 0 spiro atoms. The van der Waals surface area contributed by atoms with Crippen LogP contribution in [0.25, 0.3) is 55.2 Å². The van der Waals surface area contributed by atoms with Gasteiger partial charge in [-0.05, 0) is 37.1 Å². The molecule has 0 fully saturated rings. The number of hydrogen-bond donors (Lipinski definition) is 3. The van der Waals surface area contributed by atoms with Gasteiger partial charge in [0.2, 0.25) is 5.91 Å². The number of carbonyl (C=O) groups excluding carboxylic acids is 2. The maximum absolute atomic E-state index is 12.3. The molecule has 6 aromatic rings. The average Bonchev–Trinajstić information content (AvgIpc) is 3.65. The summed E-state index contributed by atoms with van der Waals surface area (Å²) in [6.07, 6.45) is 8.94. The van der Waals surface area contributed by atoms with Crippen LogP contribution in [0.4, 0.5) is 5.69 Å². The van der Waals surface area contributed by atoms with E-state index in [-0.39, 0.29) is 17.6 Å². The Morgan fingerprint density at radius 1 is 1.05 bits per heavy atom. The number of pyridine rings is 3. The van der Waals surface area contributed by atoms with E-state index in [4.69, 9.17) is 4.98 Å². The Kier molecular flexibility index (Phi) is 6.20. The molecule has 11 heteroatoms. The van der Waals surface area contributed by atoms with E-state index in [1.54, 1.807) is 37.9 Å². The summed E-state index contributed by atoms with van der Waals surface area (Å²) in [6, 6.07) is 7.47. The summed E-state index contributed by atoms with van der Waals surface area (Å²) in [5.41, 5.74) is 5.71. The molecule has 0 aliphatic heterocycles. The highest BCUT2D eigenvalue weighted by Crippen LogP contribution is 2.35. The van der Waals surface area contributed by atoms with Gasteiger partial charge in [-0.1, -0.05) is 13.8 Å². The van der Waals surface area contributed by atoms with Crippen molar-refractivity contribution in [2.24, 2.45) is 5.92 Å². The molecule has 0 saturated heterocycles. The summed E-state index contributed by atoms with van der Waals surface area (Å²) >= 11 is 1.42. The van der Waals surface area contributed by atoms with E-state index >= 15 is 0 Å². The first-order chi connectivity index (χ1) is 18.9. The third kappa shape index (κ3) is 4.68. The van der Waals surface area contributed by atoms with Gasteiger partial charge in [-0.3, -0.25) is 29.6 Å².